The summed E-state index contributed by atoms with van der Waals surface area (Å²) in [5.74, 6) is -0.128. The number of nitrogens with zero attached hydrogens (tertiary/aromatic N) is 1. The second-order valence-corrected chi connectivity index (χ2v) is 7.60. The summed E-state index contributed by atoms with van der Waals surface area (Å²) in [7, 11) is 1.83. The molecule has 4 rings (SSSR count). The number of hydrogen-bond acceptors (Lipinski definition) is 3. The molecule has 0 saturated carbocycles. The number of carbonyl (C=O) groups excluding carboxylic acids is 1. The standard InChI is InChI=1S/C25H25N3O3/c1-17-12-23(29)24(15-28(17)2)31-16-25(30)27-13-20(18-8-4-3-5-9-18)21-14-26-22-11-7-6-10-19(21)22/h3-12,14-15,20,26H,13,16H2,1-2H3,(H,27,30). The SMILES string of the molecule is Cc1cc(=O)c(OCC(=O)NCC(c2ccccc2)c2c[nH]c3ccccc23)cn1C. The largest absolute Gasteiger partial charge is 0.478 e. The molecule has 0 aliphatic carbocycles. The van der Waals surface area contributed by atoms with E-state index in [0.717, 1.165) is 27.7 Å². The van der Waals surface area contributed by atoms with Gasteiger partial charge in [0.25, 0.3) is 5.91 Å². The Kier molecular flexibility index (Phi) is 5.89. The summed E-state index contributed by atoms with van der Waals surface area (Å²) in [6, 6.07) is 19.7. The summed E-state index contributed by atoms with van der Waals surface area (Å²) in [5, 5.41) is 4.09. The minimum Gasteiger partial charge on any atom is -0.478 e. The molecular formula is C25H25N3O3. The number of benzene rings is 2. The highest BCUT2D eigenvalue weighted by Crippen LogP contribution is 2.30. The van der Waals surface area contributed by atoms with Crippen LogP contribution in [0.4, 0.5) is 0 Å². The molecule has 0 aliphatic rings. The lowest BCUT2D eigenvalue weighted by Crippen LogP contribution is -2.33. The number of hydrogen-bond donors (Lipinski definition) is 2. The van der Waals surface area contributed by atoms with E-state index in [4.69, 9.17) is 4.74 Å². The van der Waals surface area contributed by atoms with Crippen LogP contribution in [-0.2, 0) is 11.8 Å². The summed E-state index contributed by atoms with van der Waals surface area (Å²) in [6.45, 7) is 2.04. The second-order valence-electron chi connectivity index (χ2n) is 7.60. The van der Waals surface area contributed by atoms with Crippen molar-refractivity contribution in [2.24, 2.45) is 7.05 Å². The fraction of sp³-hybridized carbons (Fsp3) is 0.200. The quantitative estimate of drug-likeness (QED) is 0.485. The maximum atomic E-state index is 12.5. The van der Waals surface area contributed by atoms with Crippen molar-refractivity contribution >= 4 is 16.8 Å². The van der Waals surface area contributed by atoms with Crippen molar-refractivity contribution in [3.63, 3.8) is 0 Å². The van der Waals surface area contributed by atoms with Gasteiger partial charge < -0.3 is 19.6 Å². The molecule has 0 bridgehead atoms. The molecule has 6 nitrogen and oxygen atoms in total. The molecule has 1 atom stereocenters. The zero-order valence-corrected chi connectivity index (χ0v) is 17.6. The first kappa shape index (κ1) is 20.5. The Morgan fingerprint density at radius 2 is 1.87 bits per heavy atom. The predicted molar refractivity (Wildman–Crippen MR) is 122 cm³/mol. The van der Waals surface area contributed by atoms with Crippen molar-refractivity contribution in [1.29, 1.82) is 0 Å². The van der Waals surface area contributed by atoms with Crippen molar-refractivity contribution in [2.45, 2.75) is 12.8 Å². The number of rotatable bonds is 7. The second kappa shape index (κ2) is 8.92. The normalized spacial score (nSPS) is 11.9. The van der Waals surface area contributed by atoms with Crippen LogP contribution in [0, 0.1) is 6.92 Å². The van der Waals surface area contributed by atoms with Crippen LogP contribution in [-0.4, -0.2) is 28.6 Å². The number of aromatic amines is 1. The molecule has 0 fully saturated rings. The number of ether oxygens (including phenoxy) is 1. The average molecular weight is 415 g/mol. The molecular weight excluding hydrogens is 390 g/mol. The Bertz CT molecular complexity index is 1260. The number of nitrogens with one attached hydrogen (secondary N) is 2. The fourth-order valence-electron chi connectivity index (χ4n) is 3.70. The van der Waals surface area contributed by atoms with E-state index in [-0.39, 0.29) is 29.6 Å². The Morgan fingerprint density at radius 1 is 1.13 bits per heavy atom. The zero-order chi connectivity index (χ0) is 21.8. The number of aryl methyl sites for hydroxylation is 2. The molecule has 2 aromatic heterocycles. The Labute approximate surface area is 180 Å². The molecule has 0 radical (unpaired) electrons. The molecule has 158 valence electrons. The van der Waals surface area contributed by atoms with Crippen LogP contribution in [0.1, 0.15) is 22.7 Å². The first-order chi connectivity index (χ1) is 15.0. The van der Waals surface area contributed by atoms with Gasteiger partial charge in [-0.1, -0.05) is 48.5 Å². The lowest BCUT2D eigenvalue weighted by atomic mass is 9.91. The van der Waals surface area contributed by atoms with E-state index in [1.54, 1.807) is 10.8 Å². The van der Waals surface area contributed by atoms with Crippen LogP contribution in [0.15, 0.2) is 77.9 Å². The van der Waals surface area contributed by atoms with Crippen molar-refractivity contribution in [3.8, 4) is 5.75 Å². The molecule has 31 heavy (non-hydrogen) atoms. The summed E-state index contributed by atoms with van der Waals surface area (Å²) in [6.07, 6.45) is 3.60. The van der Waals surface area contributed by atoms with Gasteiger partial charge in [0.05, 0.1) is 0 Å². The third-order valence-electron chi connectivity index (χ3n) is 5.51. The molecule has 4 aromatic rings. The first-order valence-corrected chi connectivity index (χ1v) is 10.2. The first-order valence-electron chi connectivity index (χ1n) is 10.2. The molecule has 2 heterocycles. The van der Waals surface area contributed by atoms with Crippen LogP contribution >= 0.6 is 0 Å². The lowest BCUT2D eigenvalue weighted by molar-refractivity contribution is -0.123. The van der Waals surface area contributed by atoms with Crippen LogP contribution in [0.25, 0.3) is 10.9 Å². The zero-order valence-electron chi connectivity index (χ0n) is 17.6. The van der Waals surface area contributed by atoms with Crippen LogP contribution in [0.2, 0.25) is 0 Å². The van der Waals surface area contributed by atoms with E-state index in [1.165, 1.54) is 6.07 Å². The molecule has 1 amide bonds. The highest BCUT2D eigenvalue weighted by molar-refractivity contribution is 5.84. The van der Waals surface area contributed by atoms with Gasteiger partial charge in [-0.25, -0.2) is 0 Å². The molecule has 2 aromatic carbocycles. The van der Waals surface area contributed by atoms with Gasteiger partial charge in [0, 0.05) is 54.6 Å². The van der Waals surface area contributed by atoms with Crippen LogP contribution in [0.5, 0.6) is 5.75 Å². The average Bonchev–Trinajstić information content (AvgIpc) is 3.20. The summed E-state index contributed by atoms with van der Waals surface area (Å²) in [5.41, 5.74) is 3.88. The van der Waals surface area contributed by atoms with Crippen LogP contribution < -0.4 is 15.5 Å². The smallest absolute Gasteiger partial charge is 0.257 e. The van der Waals surface area contributed by atoms with E-state index in [1.807, 2.05) is 56.6 Å². The van der Waals surface area contributed by atoms with Gasteiger partial charge in [-0.2, -0.15) is 0 Å². The number of amides is 1. The summed E-state index contributed by atoms with van der Waals surface area (Å²) in [4.78, 5) is 27.9. The summed E-state index contributed by atoms with van der Waals surface area (Å²) >= 11 is 0. The molecule has 0 spiro atoms. The van der Waals surface area contributed by atoms with Crippen molar-refractivity contribution in [3.05, 3.63) is 100 Å². The maximum absolute atomic E-state index is 12.5. The number of fused-ring (bicyclic) bond motifs is 1. The van der Waals surface area contributed by atoms with E-state index >= 15 is 0 Å². The third-order valence-corrected chi connectivity index (χ3v) is 5.51. The molecule has 0 saturated heterocycles. The van der Waals surface area contributed by atoms with E-state index in [2.05, 4.69) is 28.5 Å². The monoisotopic (exact) mass is 415 g/mol. The topological polar surface area (TPSA) is 76.1 Å². The van der Waals surface area contributed by atoms with Gasteiger partial charge in [-0.3, -0.25) is 9.59 Å². The summed E-state index contributed by atoms with van der Waals surface area (Å²) < 4.78 is 7.27. The van der Waals surface area contributed by atoms with Gasteiger partial charge in [-0.05, 0) is 24.1 Å². The Balaban J connectivity index is 1.49. The number of aromatic nitrogens is 2. The molecule has 2 N–H and O–H groups in total. The predicted octanol–water partition coefficient (Wildman–Crippen LogP) is 3.50. The Morgan fingerprint density at radius 3 is 2.68 bits per heavy atom. The van der Waals surface area contributed by atoms with Gasteiger partial charge in [0.2, 0.25) is 5.43 Å². The van der Waals surface area contributed by atoms with Crippen molar-refractivity contribution in [2.75, 3.05) is 13.2 Å². The highest BCUT2D eigenvalue weighted by atomic mass is 16.5. The van der Waals surface area contributed by atoms with Gasteiger partial charge in [0.1, 0.15) is 0 Å². The minimum atomic E-state index is -0.275. The number of para-hydroxylation sites is 1. The Hall–Kier alpha value is -3.80. The molecule has 6 heteroatoms. The molecule has 0 aliphatic heterocycles. The fourth-order valence-corrected chi connectivity index (χ4v) is 3.70. The van der Waals surface area contributed by atoms with E-state index in [0.29, 0.717) is 6.54 Å². The third kappa shape index (κ3) is 4.53. The highest BCUT2D eigenvalue weighted by Gasteiger charge is 2.19. The van der Waals surface area contributed by atoms with Crippen molar-refractivity contribution < 1.29 is 9.53 Å². The lowest BCUT2D eigenvalue weighted by Gasteiger charge is -2.18. The van der Waals surface area contributed by atoms with Gasteiger partial charge in [-0.15, -0.1) is 0 Å². The number of H-pyrrole nitrogens is 1. The van der Waals surface area contributed by atoms with E-state index in [9.17, 15) is 9.59 Å². The van der Waals surface area contributed by atoms with E-state index < -0.39 is 0 Å². The van der Waals surface area contributed by atoms with Gasteiger partial charge >= 0.3 is 0 Å². The van der Waals surface area contributed by atoms with Crippen molar-refractivity contribution in [1.82, 2.24) is 14.9 Å². The minimum absolute atomic E-state index is 0.0199. The van der Waals surface area contributed by atoms with Crippen LogP contribution in [0.3, 0.4) is 0 Å². The maximum Gasteiger partial charge on any atom is 0.257 e. The number of carbonyl (C=O) groups is 1. The van der Waals surface area contributed by atoms with Gasteiger partial charge in [0.15, 0.2) is 12.4 Å². The molecule has 1 unspecified atom stereocenters. The number of pyridine rings is 1.